The summed E-state index contributed by atoms with van der Waals surface area (Å²) in [6.45, 7) is -6.05. The quantitative estimate of drug-likeness (QED) is 0.570. The van der Waals surface area contributed by atoms with Gasteiger partial charge in [0, 0.05) is 4.90 Å². The summed E-state index contributed by atoms with van der Waals surface area (Å²) in [6, 6.07) is 6.52. The first-order chi connectivity index (χ1) is 6.51. The summed E-state index contributed by atoms with van der Waals surface area (Å²) in [5.41, 5.74) is 0. The summed E-state index contributed by atoms with van der Waals surface area (Å²) in [6.07, 6.45) is 1.90. The molecule has 0 aliphatic rings. The Kier molecular flexibility index (Phi) is 3.74. The standard InChI is InChI=1S/C8H9BF3OS/c1-14-8-4-2-7(3-5-8)13-6-9(10,11)12/h2-5H,6H2,1H3/q-1. The Bertz CT molecular complexity index is 286. The molecule has 0 fully saturated rings. The molecule has 0 aliphatic heterocycles. The molecule has 1 aromatic rings. The van der Waals surface area contributed by atoms with Crippen molar-refractivity contribution in [3.05, 3.63) is 24.3 Å². The van der Waals surface area contributed by atoms with Gasteiger partial charge in [0.1, 0.15) is 5.75 Å². The number of benzene rings is 1. The van der Waals surface area contributed by atoms with E-state index in [1.54, 1.807) is 12.1 Å². The van der Waals surface area contributed by atoms with E-state index in [1.165, 1.54) is 23.9 Å². The van der Waals surface area contributed by atoms with Crippen LogP contribution in [0.2, 0.25) is 0 Å². The van der Waals surface area contributed by atoms with Gasteiger partial charge in [0.2, 0.25) is 0 Å². The predicted octanol–water partition coefficient (Wildman–Crippen LogP) is 3.17. The summed E-state index contributed by atoms with van der Waals surface area (Å²) >= 11 is 1.53. The Morgan fingerprint density at radius 3 is 2.21 bits per heavy atom. The molecule has 1 nitrogen and oxygen atoms in total. The maximum absolute atomic E-state index is 11.8. The Morgan fingerprint density at radius 2 is 1.79 bits per heavy atom. The number of rotatable bonds is 4. The van der Waals surface area contributed by atoms with Gasteiger partial charge >= 0.3 is 6.98 Å². The van der Waals surface area contributed by atoms with Crippen LogP contribution in [-0.4, -0.2) is 19.7 Å². The highest BCUT2D eigenvalue weighted by molar-refractivity contribution is 7.98. The average molecular weight is 221 g/mol. The van der Waals surface area contributed by atoms with E-state index in [-0.39, 0.29) is 5.75 Å². The molecule has 0 aliphatic carbocycles. The van der Waals surface area contributed by atoms with Crippen molar-refractivity contribution in [2.45, 2.75) is 4.90 Å². The second-order valence-corrected chi connectivity index (χ2v) is 3.58. The predicted molar refractivity (Wildman–Crippen MR) is 52.8 cm³/mol. The number of halogens is 3. The van der Waals surface area contributed by atoms with Crippen LogP contribution in [0.5, 0.6) is 5.75 Å². The first-order valence-electron chi connectivity index (χ1n) is 3.99. The van der Waals surface area contributed by atoms with Crippen LogP contribution in [0.1, 0.15) is 0 Å². The number of ether oxygens (including phenoxy) is 1. The Labute approximate surface area is 84.7 Å². The summed E-state index contributed by atoms with van der Waals surface area (Å²) in [5, 5.41) is 0. The van der Waals surface area contributed by atoms with E-state index in [1.807, 2.05) is 6.26 Å². The van der Waals surface area contributed by atoms with Gasteiger partial charge in [-0.25, -0.2) is 0 Å². The normalized spacial score (nSPS) is 11.4. The van der Waals surface area contributed by atoms with E-state index >= 15 is 0 Å². The molecule has 0 aromatic heterocycles. The van der Waals surface area contributed by atoms with Crippen LogP contribution >= 0.6 is 11.8 Å². The van der Waals surface area contributed by atoms with Crippen molar-refractivity contribution in [2.75, 3.05) is 12.8 Å². The molecule has 0 N–H and O–H groups in total. The highest BCUT2D eigenvalue weighted by Crippen LogP contribution is 2.20. The Hall–Kier alpha value is -0.775. The van der Waals surface area contributed by atoms with E-state index in [0.29, 0.717) is 0 Å². The van der Waals surface area contributed by atoms with Crippen molar-refractivity contribution in [3.8, 4) is 5.75 Å². The summed E-state index contributed by atoms with van der Waals surface area (Å²) < 4.78 is 40.0. The van der Waals surface area contributed by atoms with Crippen LogP contribution in [0.4, 0.5) is 12.9 Å². The fourth-order valence-electron chi connectivity index (χ4n) is 0.863. The van der Waals surface area contributed by atoms with Crippen molar-refractivity contribution in [1.82, 2.24) is 0 Å². The van der Waals surface area contributed by atoms with Crippen molar-refractivity contribution in [1.29, 1.82) is 0 Å². The minimum atomic E-state index is -4.87. The molecule has 0 atom stereocenters. The lowest BCUT2D eigenvalue weighted by Crippen LogP contribution is -2.26. The maximum atomic E-state index is 11.8. The van der Waals surface area contributed by atoms with Crippen LogP contribution in [-0.2, 0) is 0 Å². The molecule has 0 spiro atoms. The van der Waals surface area contributed by atoms with E-state index in [2.05, 4.69) is 4.74 Å². The largest absolute Gasteiger partial charge is 0.522 e. The molecule has 6 heteroatoms. The zero-order valence-electron chi connectivity index (χ0n) is 7.54. The molecule has 0 radical (unpaired) electrons. The molecule has 0 amide bonds. The Balaban J connectivity index is 2.52. The monoisotopic (exact) mass is 221 g/mol. The fourth-order valence-corrected chi connectivity index (χ4v) is 1.27. The zero-order chi connectivity index (χ0) is 10.6. The van der Waals surface area contributed by atoms with Crippen LogP contribution < -0.4 is 4.74 Å². The third kappa shape index (κ3) is 3.96. The van der Waals surface area contributed by atoms with Crippen molar-refractivity contribution < 1.29 is 17.7 Å². The highest BCUT2D eigenvalue weighted by atomic mass is 32.2. The summed E-state index contributed by atoms with van der Waals surface area (Å²) in [7, 11) is 0. The molecule has 0 saturated heterocycles. The molecule has 78 valence electrons. The van der Waals surface area contributed by atoms with E-state index in [4.69, 9.17) is 0 Å². The second kappa shape index (κ2) is 4.64. The maximum Gasteiger partial charge on any atom is 0.515 e. The SMILES string of the molecule is CSc1ccc(OC[B-](F)(F)F)cc1. The van der Waals surface area contributed by atoms with Crippen LogP contribution in [0.15, 0.2) is 29.2 Å². The van der Waals surface area contributed by atoms with Gasteiger partial charge in [0.25, 0.3) is 0 Å². The molecule has 1 rings (SSSR count). The van der Waals surface area contributed by atoms with Gasteiger partial charge in [0.15, 0.2) is 0 Å². The lowest BCUT2D eigenvalue weighted by molar-refractivity contribution is 0.313. The number of hydrogen-bond acceptors (Lipinski definition) is 2. The minimum absolute atomic E-state index is 0.252. The Morgan fingerprint density at radius 1 is 1.21 bits per heavy atom. The van der Waals surface area contributed by atoms with Gasteiger partial charge in [-0.3, -0.25) is 0 Å². The lowest BCUT2D eigenvalue weighted by Gasteiger charge is -2.14. The van der Waals surface area contributed by atoms with Gasteiger partial charge in [-0.15, -0.1) is 11.8 Å². The third-order valence-electron chi connectivity index (χ3n) is 1.50. The van der Waals surface area contributed by atoms with Crippen LogP contribution in [0.25, 0.3) is 0 Å². The van der Waals surface area contributed by atoms with Crippen molar-refractivity contribution in [3.63, 3.8) is 0 Å². The smallest absolute Gasteiger partial charge is 0.515 e. The molecule has 0 saturated carbocycles. The van der Waals surface area contributed by atoms with Crippen molar-refractivity contribution in [2.24, 2.45) is 0 Å². The zero-order valence-corrected chi connectivity index (χ0v) is 8.36. The van der Waals surface area contributed by atoms with Crippen molar-refractivity contribution >= 4 is 18.7 Å². The molecule has 0 bridgehead atoms. The first kappa shape index (κ1) is 11.3. The lowest BCUT2D eigenvalue weighted by atomic mass is 9.95. The summed E-state index contributed by atoms with van der Waals surface area (Å²) in [4.78, 5) is 0.995. The third-order valence-corrected chi connectivity index (χ3v) is 2.24. The van der Waals surface area contributed by atoms with Crippen LogP contribution in [0, 0.1) is 0 Å². The van der Waals surface area contributed by atoms with E-state index < -0.39 is 13.5 Å². The first-order valence-corrected chi connectivity index (χ1v) is 5.21. The second-order valence-electron chi connectivity index (χ2n) is 2.70. The average Bonchev–Trinajstić information content (AvgIpc) is 2.14. The van der Waals surface area contributed by atoms with E-state index in [0.717, 1.165) is 4.90 Å². The van der Waals surface area contributed by atoms with Gasteiger partial charge in [-0.05, 0) is 30.5 Å². The van der Waals surface area contributed by atoms with Gasteiger partial charge < -0.3 is 17.7 Å². The molecule has 0 unspecified atom stereocenters. The molecular formula is C8H9BF3OS-. The summed E-state index contributed by atoms with van der Waals surface area (Å²) in [5.74, 6) is 0.252. The molecule has 14 heavy (non-hydrogen) atoms. The van der Waals surface area contributed by atoms with E-state index in [9.17, 15) is 12.9 Å². The topological polar surface area (TPSA) is 9.23 Å². The highest BCUT2D eigenvalue weighted by Gasteiger charge is 2.23. The molecular weight excluding hydrogens is 212 g/mol. The van der Waals surface area contributed by atoms with Gasteiger partial charge in [-0.2, -0.15) is 0 Å². The molecule has 0 heterocycles. The van der Waals surface area contributed by atoms with Crippen LogP contribution in [0.3, 0.4) is 0 Å². The number of hydrogen-bond donors (Lipinski definition) is 0. The number of thioether (sulfide) groups is 1. The molecule has 1 aromatic carbocycles. The van der Waals surface area contributed by atoms with Gasteiger partial charge in [-0.1, -0.05) is 0 Å². The fraction of sp³-hybridized carbons (Fsp3) is 0.250. The minimum Gasteiger partial charge on any atom is -0.522 e. The van der Waals surface area contributed by atoms with Gasteiger partial charge in [0.05, 0.1) is 6.51 Å².